The van der Waals surface area contributed by atoms with E-state index in [1.165, 1.54) is 0 Å². The normalized spacial score (nSPS) is 18.2. The maximum atomic E-state index is 13.1. The lowest BCUT2D eigenvalue weighted by Crippen LogP contribution is -2.44. The number of ether oxygens (including phenoxy) is 1. The summed E-state index contributed by atoms with van der Waals surface area (Å²) < 4.78 is 5.35. The lowest BCUT2D eigenvalue weighted by atomic mass is 9.84. The minimum Gasteiger partial charge on any atom is -0.497 e. The Morgan fingerprint density at radius 3 is 2.47 bits per heavy atom. The van der Waals surface area contributed by atoms with Gasteiger partial charge in [-0.25, -0.2) is 0 Å². The van der Waals surface area contributed by atoms with Gasteiger partial charge in [0.05, 0.1) is 13.2 Å². The molecule has 2 atom stereocenters. The second kappa shape index (κ2) is 10.7. The quantitative estimate of drug-likeness (QED) is 0.444. The fraction of sp³-hybridized carbons (Fsp3) is 0.286. The van der Waals surface area contributed by atoms with E-state index in [9.17, 15) is 9.59 Å². The van der Waals surface area contributed by atoms with Crippen LogP contribution >= 0.6 is 11.6 Å². The van der Waals surface area contributed by atoms with E-state index >= 15 is 0 Å². The van der Waals surface area contributed by atoms with Crippen molar-refractivity contribution in [1.29, 1.82) is 0 Å². The molecule has 0 unspecified atom stereocenters. The van der Waals surface area contributed by atoms with Crippen LogP contribution < -0.4 is 15.4 Å². The second-order valence-electron chi connectivity index (χ2n) is 8.82. The van der Waals surface area contributed by atoms with Crippen molar-refractivity contribution in [1.82, 2.24) is 10.6 Å². The fourth-order valence-corrected chi connectivity index (χ4v) is 4.73. The topological polar surface area (TPSA) is 67.4 Å². The fourth-order valence-electron chi connectivity index (χ4n) is 4.60. The molecule has 5 nitrogen and oxygen atoms in total. The molecule has 1 heterocycles. The first-order valence-corrected chi connectivity index (χ1v) is 11.9. The Balaban J connectivity index is 1.48. The summed E-state index contributed by atoms with van der Waals surface area (Å²) in [7, 11) is 1.64. The summed E-state index contributed by atoms with van der Waals surface area (Å²) in [5.41, 5.74) is 2.59. The van der Waals surface area contributed by atoms with Crippen molar-refractivity contribution in [2.45, 2.75) is 43.7 Å². The van der Waals surface area contributed by atoms with Crippen LogP contribution in [0.3, 0.4) is 0 Å². The third-order valence-corrected chi connectivity index (χ3v) is 6.64. The number of carbonyl (C=O) groups excluding carboxylic acids is 2. The predicted octanol–water partition coefficient (Wildman–Crippen LogP) is 5.23. The molecular weight excluding hydrogens is 448 g/mol. The van der Waals surface area contributed by atoms with Crippen LogP contribution in [0.5, 0.6) is 5.75 Å². The third kappa shape index (κ3) is 5.97. The summed E-state index contributed by atoms with van der Waals surface area (Å²) in [4.78, 5) is 25.3. The molecule has 0 aromatic heterocycles. The molecule has 3 aromatic rings. The summed E-state index contributed by atoms with van der Waals surface area (Å²) >= 11 is 6.07. The van der Waals surface area contributed by atoms with Gasteiger partial charge in [-0.2, -0.15) is 0 Å². The third-order valence-electron chi connectivity index (χ3n) is 6.38. The van der Waals surface area contributed by atoms with Crippen LogP contribution in [0.15, 0.2) is 78.9 Å². The number of carbonyl (C=O) groups is 2. The Morgan fingerprint density at radius 2 is 1.79 bits per heavy atom. The number of benzene rings is 3. The van der Waals surface area contributed by atoms with Crippen molar-refractivity contribution < 1.29 is 14.3 Å². The molecule has 1 aliphatic rings. The van der Waals surface area contributed by atoms with E-state index in [0.717, 1.165) is 22.4 Å². The summed E-state index contributed by atoms with van der Waals surface area (Å²) in [5.74, 6) is 0.755. The van der Waals surface area contributed by atoms with Crippen LogP contribution in [-0.4, -0.2) is 24.5 Å². The van der Waals surface area contributed by atoms with E-state index < -0.39 is 5.54 Å². The molecule has 2 N–H and O–H groups in total. The molecule has 2 amide bonds. The molecule has 0 radical (unpaired) electrons. The summed E-state index contributed by atoms with van der Waals surface area (Å²) in [6, 6.07) is 25.0. The smallest absolute Gasteiger partial charge is 0.220 e. The zero-order valence-electron chi connectivity index (χ0n) is 19.2. The Kier molecular flexibility index (Phi) is 7.53. The van der Waals surface area contributed by atoms with Crippen molar-refractivity contribution in [3.8, 4) is 5.75 Å². The Morgan fingerprint density at radius 1 is 1.06 bits per heavy atom. The summed E-state index contributed by atoms with van der Waals surface area (Å²) in [6.45, 7) is 0. The number of methoxy groups -OCH3 is 1. The van der Waals surface area contributed by atoms with E-state index in [-0.39, 0.29) is 17.9 Å². The van der Waals surface area contributed by atoms with Crippen LogP contribution in [0.1, 0.15) is 48.4 Å². The molecule has 1 fully saturated rings. The average Bonchev–Trinajstić information content (AvgIpc) is 3.23. The minimum absolute atomic E-state index is 0.0339. The Bertz CT molecular complexity index is 1130. The van der Waals surface area contributed by atoms with E-state index in [4.69, 9.17) is 16.3 Å². The molecule has 0 bridgehead atoms. The molecule has 0 spiro atoms. The Hall–Kier alpha value is -3.31. The maximum Gasteiger partial charge on any atom is 0.220 e. The van der Waals surface area contributed by atoms with Crippen molar-refractivity contribution in [2.24, 2.45) is 0 Å². The molecule has 0 saturated carbocycles. The van der Waals surface area contributed by atoms with Crippen LogP contribution in [0.25, 0.3) is 0 Å². The first-order chi connectivity index (χ1) is 16.5. The molecule has 34 heavy (non-hydrogen) atoms. The van der Waals surface area contributed by atoms with Gasteiger partial charge < -0.3 is 15.4 Å². The number of rotatable bonds is 9. The van der Waals surface area contributed by atoms with Crippen LogP contribution in [0.4, 0.5) is 0 Å². The lowest BCUT2D eigenvalue weighted by molar-refractivity contribution is -0.123. The molecule has 4 rings (SSSR count). The molecule has 0 aliphatic carbocycles. The number of nitrogens with one attached hydrogen (secondary N) is 2. The van der Waals surface area contributed by atoms with Crippen molar-refractivity contribution in [3.05, 3.63) is 101 Å². The van der Waals surface area contributed by atoms with E-state index in [2.05, 4.69) is 10.6 Å². The average molecular weight is 477 g/mol. The zero-order chi connectivity index (χ0) is 24.0. The number of hydrogen-bond donors (Lipinski definition) is 2. The highest BCUT2D eigenvalue weighted by Crippen LogP contribution is 2.31. The van der Waals surface area contributed by atoms with Crippen molar-refractivity contribution >= 4 is 23.4 Å². The molecule has 1 saturated heterocycles. The molecule has 6 heteroatoms. The molecular formula is C28H29ClN2O3. The largest absolute Gasteiger partial charge is 0.497 e. The van der Waals surface area contributed by atoms with Gasteiger partial charge in [-0.05, 0) is 60.2 Å². The molecule has 1 aliphatic heterocycles. The second-order valence-corrected chi connectivity index (χ2v) is 9.26. The highest BCUT2D eigenvalue weighted by molar-refractivity contribution is 6.30. The van der Waals surface area contributed by atoms with Crippen LogP contribution in [-0.2, 0) is 16.0 Å². The molecule has 3 aromatic carbocycles. The van der Waals surface area contributed by atoms with Gasteiger partial charge in [0.15, 0.2) is 0 Å². The van der Waals surface area contributed by atoms with Gasteiger partial charge in [0.25, 0.3) is 0 Å². The Labute approximate surface area is 205 Å². The highest BCUT2D eigenvalue weighted by Gasteiger charge is 2.38. The number of amides is 2. The maximum absolute atomic E-state index is 13.1. The number of halogens is 1. The zero-order valence-corrected chi connectivity index (χ0v) is 20.0. The van der Waals surface area contributed by atoms with Crippen molar-refractivity contribution in [2.75, 3.05) is 7.11 Å². The van der Waals surface area contributed by atoms with E-state index in [0.29, 0.717) is 37.1 Å². The van der Waals surface area contributed by atoms with Crippen LogP contribution in [0.2, 0.25) is 5.02 Å². The van der Waals surface area contributed by atoms with Gasteiger partial charge in [0.2, 0.25) is 11.8 Å². The molecule has 176 valence electrons. The van der Waals surface area contributed by atoms with Crippen LogP contribution in [0, 0.1) is 0 Å². The summed E-state index contributed by atoms with van der Waals surface area (Å²) in [6.07, 6.45) is 2.70. The monoisotopic (exact) mass is 476 g/mol. The lowest BCUT2D eigenvalue weighted by Gasteiger charge is -2.30. The number of hydrogen-bond acceptors (Lipinski definition) is 3. The van der Waals surface area contributed by atoms with E-state index in [1.54, 1.807) is 7.11 Å². The SMILES string of the molecule is COc1cccc(C[C@]2(CCC(=O)N[C@H](c3ccccc3)c3ccc(Cl)cc3)CCC(=O)N2)c1. The predicted molar refractivity (Wildman–Crippen MR) is 134 cm³/mol. The van der Waals surface area contributed by atoms with Gasteiger partial charge in [-0.3, -0.25) is 9.59 Å². The van der Waals surface area contributed by atoms with Crippen molar-refractivity contribution in [3.63, 3.8) is 0 Å². The van der Waals surface area contributed by atoms with Gasteiger partial charge >= 0.3 is 0 Å². The highest BCUT2D eigenvalue weighted by atomic mass is 35.5. The first kappa shape index (κ1) is 23.8. The minimum atomic E-state index is -0.441. The van der Waals surface area contributed by atoms with Gasteiger partial charge in [0.1, 0.15) is 5.75 Å². The van der Waals surface area contributed by atoms with Gasteiger partial charge in [-0.15, -0.1) is 0 Å². The van der Waals surface area contributed by atoms with Gasteiger partial charge in [-0.1, -0.05) is 66.2 Å². The van der Waals surface area contributed by atoms with Gasteiger partial charge in [0, 0.05) is 23.4 Å². The first-order valence-electron chi connectivity index (χ1n) is 11.5. The standard InChI is InChI=1S/C28H29ClN2O3/c1-34-24-9-5-6-20(18-24)19-28(17-15-26(33)31-28)16-14-25(32)30-27(21-7-3-2-4-8-21)22-10-12-23(29)13-11-22/h2-13,18,27H,14-17,19H2,1H3,(H,30,32)(H,31,33)/t27-,28+/m1/s1. The van der Waals surface area contributed by atoms with E-state index in [1.807, 2.05) is 78.9 Å². The summed E-state index contributed by atoms with van der Waals surface area (Å²) in [5, 5.41) is 7.00.